The first-order valence-electron chi connectivity index (χ1n) is 5.68. The first-order valence-corrected chi connectivity index (χ1v) is 5.68. The highest BCUT2D eigenvalue weighted by Gasteiger charge is 2.09. The molecule has 2 N–H and O–H groups in total. The second-order valence-electron chi connectivity index (χ2n) is 4.04. The Labute approximate surface area is 93.1 Å². The van der Waals surface area contributed by atoms with Gasteiger partial charge in [-0.1, -0.05) is 31.2 Å². The number of likely N-dealkylation sites (N-methyl/N-ethyl adjacent to an activating group) is 1. The summed E-state index contributed by atoms with van der Waals surface area (Å²) in [5, 5.41) is 0. The maximum Gasteiger partial charge on any atom is 0.0317 e. The molecule has 0 saturated heterocycles. The molecule has 0 heterocycles. The zero-order chi connectivity index (χ0) is 11.3. The van der Waals surface area contributed by atoms with Gasteiger partial charge in [-0.25, -0.2) is 0 Å². The molecule has 1 atom stereocenters. The van der Waals surface area contributed by atoms with Crippen LogP contribution in [0, 0.1) is 0 Å². The summed E-state index contributed by atoms with van der Waals surface area (Å²) in [6.45, 7) is 6.06. The van der Waals surface area contributed by atoms with Gasteiger partial charge in [0.25, 0.3) is 0 Å². The summed E-state index contributed by atoms with van der Waals surface area (Å²) in [6, 6.07) is 9.30. The first kappa shape index (κ1) is 12.2. The lowest BCUT2D eigenvalue weighted by Crippen LogP contribution is -2.28. The van der Waals surface area contributed by atoms with Crippen molar-refractivity contribution in [3.8, 4) is 0 Å². The summed E-state index contributed by atoms with van der Waals surface area (Å²) < 4.78 is 0. The Kier molecular flexibility index (Phi) is 4.79. The van der Waals surface area contributed by atoms with Gasteiger partial charge in [0, 0.05) is 19.1 Å². The zero-order valence-electron chi connectivity index (χ0n) is 10.0. The summed E-state index contributed by atoms with van der Waals surface area (Å²) in [6.07, 6.45) is 1.10. The van der Waals surface area contributed by atoms with Gasteiger partial charge in [0.15, 0.2) is 0 Å². The van der Waals surface area contributed by atoms with Crippen molar-refractivity contribution in [2.24, 2.45) is 5.73 Å². The number of nitrogens with zero attached hydrogens (tertiary/aromatic N) is 1. The minimum Gasteiger partial charge on any atom is -0.329 e. The smallest absolute Gasteiger partial charge is 0.0317 e. The third-order valence-corrected chi connectivity index (χ3v) is 3.01. The highest BCUT2D eigenvalue weighted by atomic mass is 15.1. The lowest BCUT2D eigenvalue weighted by molar-refractivity contribution is 0.269. The fraction of sp³-hybridized carbons (Fsp3) is 0.538. The van der Waals surface area contributed by atoms with E-state index in [1.54, 1.807) is 0 Å². The molecule has 2 heteroatoms. The topological polar surface area (TPSA) is 29.3 Å². The summed E-state index contributed by atoms with van der Waals surface area (Å²) in [7, 11) is 2.12. The average molecular weight is 206 g/mol. The number of hydrogen-bond acceptors (Lipinski definition) is 2. The van der Waals surface area contributed by atoms with Gasteiger partial charge in [0.1, 0.15) is 0 Å². The van der Waals surface area contributed by atoms with E-state index in [0.29, 0.717) is 12.6 Å². The lowest BCUT2D eigenvalue weighted by atomic mass is 10.0. The summed E-state index contributed by atoms with van der Waals surface area (Å²) >= 11 is 0. The van der Waals surface area contributed by atoms with Crippen molar-refractivity contribution in [3.63, 3.8) is 0 Å². The molecule has 0 aliphatic heterocycles. The van der Waals surface area contributed by atoms with Crippen LogP contribution in [-0.2, 0) is 6.42 Å². The second kappa shape index (κ2) is 5.89. The van der Waals surface area contributed by atoms with E-state index in [2.05, 4.69) is 50.1 Å². The van der Waals surface area contributed by atoms with E-state index >= 15 is 0 Å². The Bertz CT molecular complexity index is 279. The van der Waals surface area contributed by atoms with Gasteiger partial charge < -0.3 is 5.73 Å². The Hall–Kier alpha value is -0.860. The molecule has 0 amide bonds. The van der Waals surface area contributed by atoms with Crippen LogP contribution < -0.4 is 5.73 Å². The summed E-state index contributed by atoms with van der Waals surface area (Å²) in [4.78, 5) is 2.28. The monoisotopic (exact) mass is 206 g/mol. The predicted octanol–water partition coefficient (Wildman–Crippen LogP) is 2.20. The summed E-state index contributed by atoms with van der Waals surface area (Å²) in [5.74, 6) is 0. The quantitative estimate of drug-likeness (QED) is 0.800. The van der Waals surface area contributed by atoms with Crippen molar-refractivity contribution in [1.29, 1.82) is 0 Å². The van der Waals surface area contributed by atoms with Crippen LogP contribution in [0.15, 0.2) is 24.3 Å². The molecular formula is C13H22N2. The predicted molar refractivity (Wildman–Crippen MR) is 65.9 cm³/mol. The second-order valence-corrected chi connectivity index (χ2v) is 4.04. The molecule has 0 fully saturated rings. The maximum absolute atomic E-state index is 5.55. The van der Waals surface area contributed by atoms with Gasteiger partial charge in [0.05, 0.1) is 0 Å². The number of aryl methyl sites for hydroxylation is 1. The van der Waals surface area contributed by atoms with Gasteiger partial charge >= 0.3 is 0 Å². The van der Waals surface area contributed by atoms with E-state index in [1.165, 1.54) is 11.1 Å². The van der Waals surface area contributed by atoms with Gasteiger partial charge in [-0.2, -0.15) is 0 Å². The van der Waals surface area contributed by atoms with Crippen molar-refractivity contribution in [3.05, 3.63) is 35.4 Å². The number of rotatable bonds is 5. The maximum atomic E-state index is 5.55. The number of nitrogens with two attached hydrogens (primary N) is 1. The van der Waals surface area contributed by atoms with E-state index in [1.807, 2.05) is 0 Å². The van der Waals surface area contributed by atoms with E-state index < -0.39 is 0 Å². The molecule has 1 unspecified atom stereocenters. The van der Waals surface area contributed by atoms with Crippen LogP contribution in [0.25, 0.3) is 0 Å². The third kappa shape index (κ3) is 3.33. The largest absolute Gasteiger partial charge is 0.329 e. The van der Waals surface area contributed by atoms with Crippen LogP contribution in [0.2, 0.25) is 0 Å². The molecule has 1 rings (SSSR count). The highest BCUT2D eigenvalue weighted by molar-refractivity contribution is 5.24. The lowest BCUT2D eigenvalue weighted by Gasteiger charge is -2.24. The number of hydrogen-bond donors (Lipinski definition) is 1. The Balaban J connectivity index is 2.69. The highest BCUT2D eigenvalue weighted by Crippen LogP contribution is 2.18. The van der Waals surface area contributed by atoms with Crippen LogP contribution in [0.1, 0.15) is 31.0 Å². The molecule has 0 saturated carbocycles. The molecule has 2 nitrogen and oxygen atoms in total. The molecule has 0 aromatic heterocycles. The van der Waals surface area contributed by atoms with Crippen LogP contribution in [0.5, 0.6) is 0 Å². The van der Waals surface area contributed by atoms with Crippen molar-refractivity contribution >= 4 is 0 Å². The average Bonchev–Trinajstić information content (AvgIpc) is 2.28. The van der Waals surface area contributed by atoms with Crippen molar-refractivity contribution in [2.45, 2.75) is 26.3 Å². The molecule has 1 aromatic rings. The summed E-state index contributed by atoms with van der Waals surface area (Å²) in [5.41, 5.74) is 8.31. The van der Waals surface area contributed by atoms with E-state index in [4.69, 9.17) is 5.73 Å². The van der Waals surface area contributed by atoms with Crippen LogP contribution in [0.4, 0.5) is 0 Å². The molecule has 84 valence electrons. The SMILES string of the molecule is CCc1ccc(C(C)N(C)CCN)cc1. The molecule has 0 radical (unpaired) electrons. The molecule has 1 aromatic carbocycles. The van der Waals surface area contributed by atoms with E-state index in [-0.39, 0.29) is 0 Å². The fourth-order valence-electron chi connectivity index (χ4n) is 1.68. The fourth-order valence-corrected chi connectivity index (χ4v) is 1.68. The Morgan fingerprint density at radius 2 is 1.87 bits per heavy atom. The van der Waals surface area contributed by atoms with Crippen molar-refractivity contribution in [2.75, 3.05) is 20.1 Å². The van der Waals surface area contributed by atoms with Gasteiger partial charge in [0.2, 0.25) is 0 Å². The molecule has 0 aliphatic carbocycles. The Morgan fingerprint density at radius 1 is 1.27 bits per heavy atom. The van der Waals surface area contributed by atoms with Crippen LogP contribution in [-0.4, -0.2) is 25.0 Å². The number of benzene rings is 1. The van der Waals surface area contributed by atoms with Crippen LogP contribution in [0.3, 0.4) is 0 Å². The van der Waals surface area contributed by atoms with Crippen molar-refractivity contribution in [1.82, 2.24) is 4.90 Å². The minimum atomic E-state index is 0.444. The molecule has 0 spiro atoms. The molecular weight excluding hydrogens is 184 g/mol. The molecule has 0 aliphatic rings. The van der Waals surface area contributed by atoms with E-state index in [0.717, 1.165) is 13.0 Å². The third-order valence-electron chi connectivity index (χ3n) is 3.01. The van der Waals surface area contributed by atoms with E-state index in [9.17, 15) is 0 Å². The molecule has 0 bridgehead atoms. The zero-order valence-corrected chi connectivity index (χ0v) is 10.0. The van der Waals surface area contributed by atoms with Crippen LogP contribution >= 0.6 is 0 Å². The minimum absolute atomic E-state index is 0.444. The normalized spacial score (nSPS) is 13.1. The Morgan fingerprint density at radius 3 is 2.33 bits per heavy atom. The standard InChI is InChI=1S/C13H22N2/c1-4-12-5-7-13(8-6-12)11(2)15(3)10-9-14/h5-8,11H,4,9-10,14H2,1-3H3. The van der Waals surface area contributed by atoms with Crippen molar-refractivity contribution < 1.29 is 0 Å². The molecule has 15 heavy (non-hydrogen) atoms. The van der Waals surface area contributed by atoms with Gasteiger partial charge in [-0.15, -0.1) is 0 Å². The van der Waals surface area contributed by atoms with Gasteiger partial charge in [-0.05, 0) is 31.5 Å². The first-order chi connectivity index (χ1) is 7.19. The van der Waals surface area contributed by atoms with Gasteiger partial charge in [-0.3, -0.25) is 4.90 Å².